The van der Waals surface area contributed by atoms with Crippen molar-refractivity contribution in [1.29, 1.82) is 0 Å². The molecule has 2 N–H and O–H groups in total. The van der Waals surface area contributed by atoms with Crippen LogP contribution in [-0.4, -0.2) is 36.0 Å². The molecule has 0 radical (unpaired) electrons. The minimum Gasteiger partial charge on any atom is -0.459 e. The van der Waals surface area contributed by atoms with Crippen LogP contribution >= 0.6 is 0 Å². The van der Waals surface area contributed by atoms with E-state index in [0.717, 1.165) is 18.7 Å². The fourth-order valence-corrected chi connectivity index (χ4v) is 2.93. The number of ether oxygens (including phenoxy) is 1. The lowest BCUT2D eigenvalue weighted by atomic mass is 10.2. The molecule has 1 fully saturated rings. The number of carbonyl (C=O) groups is 1. The van der Waals surface area contributed by atoms with E-state index in [4.69, 9.17) is 9.15 Å². The summed E-state index contributed by atoms with van der Waals surface area (Å²) < 4.78 is 10.9. The molecule has 0 unspecified atom stereocenters. The molecule has 26 heavy (non-hydrogen) atoms. The van der Waals surface area contributed by atoms with Crippen molar-refractivity contribution < 1.29 is 19.1 Å². The highest BCUT2D eigenvalue weighted by Crippen LogP contribution is 2.24. The molecule has 0 bridgehead atoms. The van der Waals surface area contributed by atoms with Gasteiger partial charge in [0.05, 0.1) is 18.0 Å². The van der Waals surface area contributed by atoms with Gasteiger partial charge in [-0.1, -0.05) is 0 Å². The third-order valence-corrected chi connectivity index (χ3v) is 4.10. The Hall–Kier alpha value is -2.54. The summed E-state index contributed by atoms with van der Waals surface area (Å²) in [5, 5.41) is 12.7. The molecule has 0 saturated carbocycles. The fraction of sp³-hybridized carbons (Fsp3) is 0.474. The van der Waals surface area contributed by atoms with Crippen LogP contribution in [0.15, 0.2) is 33.5 Å². The Morgan fingerprint density at radius 3 is 2.81 bits per heavy atom. The fourth-order valence-electron chi connectivity index (χ4n) is 2.93. The summed E-state index contributed by atoms with van der Waals surface area (Å²) in [7, 11) is 0. The summed E-state index contributed by atoms with van der Waals surface area (Å²) in [5.41, 5.74) is 0.588. The zero-order chi connectivity index (χ0) is 18.9. The van der Waals surface area contributed by atoms with Crippen molar-refractivity contribution in [3.05, 3.63) is 40.2 Å². The number of nitrogens with one attached hydrogen (secondary N) is 1. The van der Waals surface area contributed by atoms with E-state index in [0.29, 0.717) is 23.3 Å². The first-order valence-electron chi connectivity index (χ1n) is 8.68. The highest BCUT2D eigenvalue weighted by atomic mass is 16.6. The van der Waals surface area contributed by atoms with Gasteiger partial charge in [-0.2, -0.15) is 0 Å². The number of fused-ring (bicyclic) bond motifs is 1. The lowest BCUT2D eigenvalue weighted by Crippen LogP contribution is -2.32. The van der Waals surface area contributed by atoms with Crippen molar-refractivity contribution in [2.75, 3.05) is 18.0 Å². The Morgan fingerprint density at radius 2 is 2.15 bits per heavy atom. The predicted octanol–water partition coefficient (Wildman–Crippen LogP) is 2.39. The van der Waals surface area contributed by atoms with Gasteiger partial charge in [0.15, 0.2) is 5.43 Å². The Kier molecular flexibility index (Phi) is 4.91. The van der Waals surface area contributed by atoms with E-state index in [1.807, 2.05) is 11.0 Å². The molecule has 1 amide bonds. The van der Waals surface area contributed by atoms with Crippen molar-refractivity contribution in [2.45, 2.75) is 45.4 Å². The highest BCUT2D eigenvalue weighted by Gasteiger charge is 2.21. The first-order chi connectivity index (χ1) is 12.2. The second kappa shape index (κ2) is 6.99. The van der Waals surface area contributed by atoms with E-state index in [-0.39, 0.29) is 18.1 Å². The summed E-state index contributed by atoms with van der Waals surface area (Å²) in [4.78, 5) is 26.2. The van der Waals surface area contributed by atoms with Gasteiger partial charge in [-0.3, -0.25) is 4.79 Å². The van der Waals surface area contributed by atoms with Crippen LogP contribution < -0.4 is 15.6 Å². The monoisotopic (exact) mass is 360 g/mol. The molecule has 1 aromatic carbocycles. The maximum Gasteiger partial charge on any atom is 0.408 e. The summed E-state index contributed by atoms with van der Waals surface area (Å²) in [6.07, 6.45) is -0.173. The molecule has 7 nitrogen and oxygen atoms in total. The quantitative estimate of drug-likeness (QED) is 0.873. The number of nitrogens with zero attached hydrogens (tertiary/aromatic N) is 1. The third-order valence-electron chi connectivity index (χ3n) is 4.10. The van der Waals surface area contributed by atoms with Gasteiger partial charge in [-0.25, -0.2) is 4.79 Å². The molecule has 1 saturated heterocycles. The van der Waals surface area contributed by atoms with Crippen molar-refractivity contribution in [1.82, 2.24) is 5.32 Å². The van der Waals surface area contributed by atoms with Gasteiger partial charge in [0.2, 0.25) is 0 Å². The SMILES string of the molecule is CC(C)(C)OC(=O)NCc1cc(=O)c2cc(N3CC[C@H](O)C3)ccc2o1. The van der Waals surface area contributed by atoms with Crippen LogP contribution in [0, 0.1) is 0 Å². The number of anilines is 1. The van der Waals surface area contributed by atoms with Crippen LogP contribution in [0.25, 0.3) is 11.0 Å². The first kappa shape index (κ1) is 18.3. The lowest BCUT2D eigenvalue weighted by molar-refractivity contribution is 0.0520. The third kappa shape index (κ3) is 4.35. The van der Waals surface area contributed by atoms with Crippen LogP contribution in [0.2, 0.25) is 0 Å². The highest BCUT2D eigenvalue weighted by molar-refractivity contribution is 5.81. The largest absolute Gasteiger partial charge is 0.459 e. The van der Waals surface area contributed by atoms with E-state index in [2.05, 4.69) is 5.32 Å². The van der Waals surface area contributed by atoms with Crippen LogP contribution in [0.5, 0.6) is 0 Å². The molecule has 7 heteroatoms. The molecule has 0 aliphatic carbocycles. The van der Waals surface area contributed by atoms with E-state index >= 15 is 0 Å². The molecule has 140 valence electrons. The zero-order valence-corrected chi connectivity index (χ0v) is 15.2. The number of aliphatic hydroxyl groups is 1. The molecule has 1 atom stereocenters. The number of rotatable bonds is 3. The zero-order valence-electron chi connectivity index (χ0n) is 15.2. The molecule has 1 aliphatic heterocycles. The van der Waals surface area contributed by atoms with Gasteiger partial charge in [-0.05, 0) is 45.4 Å². The van der Waals surface area contributed by atoms with E-state index in [1.165, 1.54) is 6.07 Å². The van der Waals surface area contributed by atoms with Crippen molar-refractivity contribution in [3.8, 4) is 0 Å². The van der Waals surface area contributed by atoms with Crippen molar-refractivity contribution in [2.24, 2.45) is 0 Å². The van der Waals surface area contributed by atoms with E-state index < -0.39 is 11.7 Å². The molecular formula is C19H24N2O5. The average Bonchev–Trinajstić information content (AvgIpc) is 2.98. The van der Waals surface area contributed by atoms with E-state index in [1.54, 1.807) is 32.9 Å². The topological polar surface area (TPSA) is 92.0 Å². The van der Waals surface area contributed by atoms with Crippen LogP contribution in [0.1, 0.15) is 33.0 Å². The smallest absolute Gasteiger partial charge is 0.408 e. The number of hydrogen-bond donors (Lipinski definition) is 2. The molecule has 0 spiro atoms. The molecule has 2 aromatic rings. The Balaban J connectivity index is 1.76. The maximum absolute atomic E-state index is 12.4. The first-order valence-corrected chi connectivity index (χ1v) is 8.68. The lowest BCUT2D eigenvalue weighted by Gasteiger charge is -2.19. The number of carbonyl (C=O) groups excluding carboxylic acids is 1. The van der Waals surface area contributed by atoms with Gasteiger partial charge in [0, 0.05) is 24.8 Å². The molecule has 2 heterocycles. The number of alkyl carbamates (subject to hydrolysis) is 1. The summed E-state index contributed by atoms with van der Waals surface area (Å²) in [6.45, 7) is 6.73. The average molecular weight is 360 g/mol. The number of β-amino-alcohol motifs (C(OH)–C–C–N with tert-alkyl or cyclic N) is 1. The van der Waals surface area contributed by atoms with Crippen LogP contribution in [0.3, 0.4) is 0 Å². The van der Waals surface area contributed by atoms with E-state index in [9.17, 15) is 14.7 Å². The Labute approximate surface area is 151 Å². The Morgan fingerprint density at radius 1 is 1.38 bits per heavy atom. The van der Waals surface area contributed by atoms with Gasteiger partial charge in [0.25, 0.3) is 0 Å². The van der Waals surface area contributed by atoms with Gasteiger partial charge >= 0.3 is 6.09 Å². The maximum atomic E-state index is 12.4. The normalized spacial score (nSPS) is 17.5. The second-order valence-corrected chi connectivity index (χ2v) is 7.50. The number of amides is 1. The molecule has 1 aliphatic rings. The minimum atomic E-state index is -0.589. The summed E-state index contributed by atoms with van der Waals surface area (Å²) in [5.74, 6) is 0.359. The second-order valence-electron chi connectivity index (χ2n) is 7.50. The summed E-state index contributed by atoms with van der Waals surface area (Å²) >= 11 is 0. The molecule has 3 rings (SSSR count). The Bertz CT molecular complexity index is 868. The number of hydrogen-bond acceptors (Lipinski definition) is 6. The van der Waals surface area contributed by atoms with Crippen molar-refractivity contribution in [3.63, 3.8) is 0 Å². The van der Waals surface area contributed by atoms with Crippen LogP contribution in [0.4, 0.5) is 10.5 Å². The van der Waals surface area contributed by atoms with Gasteiger partial charge in [-0.15, -0.1) is 0 Å². The molecule has 1 aromatic heterocycles. The number of benzene rings is 1. The van der Waals surface area contributed by atoms with Gasteiger partial charge in [0.1, 0.15) is 16.9 Å². The summed E-state index contributed by atoms with van der Waals surface area (Å²) in [6, 6.07) is 6.77. The minimum absolute atomic E-state index is 0.0696. The number of aliphatic hydroxyl groups excluding tert-OH is 1. The molecular weight excluding hydrogens is 336 g/mol. The van der Waals surface area contributed by atoms with Crippen molar-refractivity contribution >= 4 is 22.7 Å². The van der Waals surface area contributed by atoms with Crippen LogP contribution in [-0.2, 0) is 11.3 Å². The predicted molar refractivity (Wildman–Crippen MR) is 98.4 cm³/mol. The van der Waals surface area contributed by atoms with Gasteiger partial charge < -0.3 is 24.5 Å². The standard InChI is InChI=1S/C19H24N2O5/c1-19(2,3)26-18(24)20-10-14-9-16(23)15-8-12(4-5-17(15)25-14)21-7-6-13(22)11-21/h4-5,8-9,13,22H,6-7,10-11H2,1-3H3,(H,20,24)/t13-/m0/s1.